The highest BCUT2D eigenvalue weighted by Crippen LogP contribution is 2.28. The molecule has 1 fully saturated rings. The van der Waals surface area contributed by atoms with Crippen molar-refractivity contribution in [3.63, 3.8) is 0 Å². The summed E-state index contributed by atoms with van der Waals surface area (Å²) in [6.07, 6.45) is 3.33. The minimum absolute atomic E-state index is 0.369. The number of nitrogens with zero attached hydrogens (tertiary/aromatic N) is 1. The van der Waals surface area contributed by atoms with Gasteiger partial charge >= 0.3 is 0 Å². The summed E-state index contributed by atoms with van der Waals surface area (Å²) in [5, 5.41) is 12.8. The lowest BCUT2D eigenvalue weighted by Gasteiger charge is -2.23. The van der Waals surface area contributed by atoms with E-state index in [0.717, 1.165) is 12.2 Å². The van der Waals surface area contributed by atoms with Gasteiger partial charge in [0.2, 0.25) is 0 Å². The molecule has 2 nitrogen and oxygen atoms in total. The van der Waals surface area contributed by atoms with E-state index < -0.39 is 0 Å². The molecule has 1 N–H and O–H groups in total. The first-order valence-electron chi connectivity index (χ1n) is 6.91. The zero-order valence-corrected chi connectivity index (χ0v) is 12.8. The largest absolute Gasteiger partial charge is 0.297 e. The molecule has 1 atom stereocenters. The number of hydrogen-bond donors (Lipinski definition) is 1. The molecule has 0 aromatic heterocycles. The Morgan fingerprint density at radius 1 is 1.42 bits per heavy atom. The lowest BCUT2D eigenvalue weighted by atomic mass is 10.0. The molecule has 2 rings (SSSR count). The second-order valence-electron chi connectivity index (χ2n) is 5.73. The van der Waals surface area contributed by atoms with E-state index in [9.17, 15) is 5.26 Å². The first kappa shape index (κ1) is 14.4. The molecule has 1 unspecified atom stereocenters. The molecule has 1 saturated carbocycles. The number of hydrogen-bond acceptors (Lipinski definition) is 3. The van der Waals surface area contributed by atoms with Gasteiger partial charge in [-0.25, -0.2) is 0 Å². The fourth-order valence-electron chi connectivity index (χ4n) is 2.07. The van der Waals surface area contributed by atoms with Gasteiger partial charge in [0.05, 0.1) is 6.07 Å². The molecule has 0 radical (unpaired) electrons. The summed E-state index contributed by atoms with van der Waals surface area (Å²) in [6.45, 7) is 6.29. The van der Waals surface area contributed by atoms with Crippen molar-refractivity contribution in [2.75, 3.05) is 5.75 Å². The van der Waals surface area contributed by atoms with Crippen LogP contribution in [-0.2, 0) is 0 Å². The number of thioether (sulfide) groups is 1. The maximum Gasteiger partial charge on any atom is 0.104 e. The minimum Gasteiger partial charge on any atom is -0.297 e. The summed E-state index contributed by atoms with van der Waals surface area (Å²) in [7, 11) is 0. The molecule has 0 heterocycles. The van der Waals surface area contributed by atoms with Crippen LogP contribution in [0.4, 0.5) is 0 Å². The molecule has 0 spiro atoms. The fourth-order valence-corrected chi connectivity index (χ4v) is 3.36. The van der Waals surface area contributed by atoms with Gasteiger partial charge in [-0.3, -0.25) is 5.32 Å². The number of nitrogens with one attached hydrogen (secondary N) is 1. The summed E-state index contributed by atoms with van der Waals surface area (Å²) in [4.78, 5) is 1.34. The third-order valence-electron chi connectivity index (χ3n) is 3.55. The van der Waals surface area contributed by atoms with Gasteiger partial charge in [-0.1, -0.05) is 17.7 Å². The first-order chi connectivity index (χ1) is 9.02. The Morgan fingerprint density at radius 3 is 2.79 bits per heavy atom. The molecule has 102 valence electrons. The third kappa shape index (κ3) is 4.26. The summed E-state index contributed by atoms with van der Waals surface area (Å²) < 4.78 is 0. The number of rotatable bonds is 6. The highest BCUT2D eigenvalue weighted by atomic mass is 32.2. The Morgan fingerprint density at radius 2 is 2.16 bits per heavy atom. The minimum atomic E-state index is -0.369. The van der Waals surface area contributed by atoms with Gasteiger partial charge in [-0.05, 0) is 51.7 Å². The van der Waals surface area contributed by atoms with Crippen molar-refractivity contribution in [2.24, 2.45) is 0 Å². The smallest absolute Gasteiger partial charge is 0.104 e. The van der Waals surface area contributed by atoms with Crippen LogP contribution >= 0.6 is 11.8 Å². The SMILES string of the molecule is Cc1ccc(C)c(SCCC(C)(C#N)NC2CC2)c1. The second kappa shape index (κ2) is 5.98. The van der Waals surface area contributed by atoms with Crippen LogP contribution in [0, 0.1) is 25.2 Å². The van der Waals surface area contributed by atoms with E-state index in [2.05, 4.69) is 43.4 Å². The topological polar surface area (TPSA) is 35.8 Å². The van der Waals surface area contributed by atoms with E-state index >= 15 is 0 Å². The van der Waals surface area contributed by atoms with Crippen LogP contribution in [0.5, 0.6) is 0 Å². The first-order valence-corrected chi connectivity index (χ1v) is 7.90. The highest BCUT2D eigenvalue weighted by Gasteiger charge is 2.32. The molecular weight excluding hydrogens is 252 g/mol. The predicted molar refractivity (Wildman–Crippen MR) is 81.4 cm³/mol. The molecule has 1 aliphatic rings. The van der Waals surface area contributed by atoms with E-state index in [1.807, 2.05) is 18.7 Å². The average molecular weight is 274 g/mol. The number of aryl methyl sites for hydroxylation is 2. The molecule has 1 aliphatic carbocycles. The molecule has 1 aromatic rings. The predicted octanol–water partition coefficient (Wildman–Crippen LogP) is 3.82. The quantitative estimate of drug-likeness (QED) is 0.801. The van der Waals surface area contributed by atoms with E-state index in [4.69, 9.17) is 0 Å². The zero-order valence-electron chi connectivity index (χ0n) is 12.0. The van der Waals surface area contributed by atoms with Crippen LogP contribution in [0.15, 0.2) is 23.1 Å². The Kier molecular flexibility index (Phi) is 4.54. The zero-order chi connectivity index (χ0) is 13.9. The molecule has 1 aromatic carbocycles. The van der Waals surface area contributed by atoms with Gasteiger partial charge < -0.3 is 0 Å². The maximum absolute atomic E-state index is 9.34. The van der Waals surface area contributed by atoms with Crippen molar-refractivity contribution >= 4 is 11.8 Å². The van der Waals surface area contributed by atoms with E-state index in [0.29, 0.717) is 6.04 Å². The Labute approximate surface area is 120 Å². The van der Waals surface area contributed by atoms with Crippen molar-refractivity contribution < 1.29 is 0 Å². The summed E-state index contributed by atoms with van der Waals surface area (Å²) in [6, 6.07) is 9.57. The Bertz CT molecular complexity index is 488. The van der Waals surface area contributed by atoms with Crippen LogP contribution in [0.3, 0.4) is 0 Å². The summed E-state index contributed by atoms with van der Waals surface area (Å²) in [5.41, 5.74) is 2.25. The van der Waals surface area contributed by atoms with Gasteiger partial charge in [-0.2, -0.15) is 5.26 Å². The fraction of sp³-hybridized carbons (Fsp3) is 0.562. The lowest BCUT2D eigenvalue weighted by Crippen LogP contribution is -2.42. The van der Waals surface area contributed by atoms with Crippen molar-refractivity contribution in [3.05, 3.63) is 29.3 Å². The number of benzene rings is 1. The van der Waals surface area contributed by atoms with Crippen LogP contribution in [-0.4, -0.2) is 17.3 Å². The Hall–Kier alpha value is -0.980. The Balaban J connectivity index is 1.88. The molecule has 0 aliphatic heterocycles. The number of nitriles is 1. The molecule has 19 heavy (non-hydrogen) atoms. The van der Waals surface area contributed by atoms with E-state index in [1.165, 1.54) is 28.9 Å². The second-order valence-corrected chi connectivity index (χ2v) is 6.87. The van der Waals surface area contributed by atoms with Gasteiger partial charge in [0.25, 0.3) is 0 Å². The van der Waals surface area contributed by atoms with E-state index in [-0.39, 0.29) is 5.54 Å². The average Bonchev–Trinajstić information content (AvgIpc) is 3.17. The third-order valence-corrected chi connectivity index (χ3v) is 4.71. The van der Waals surface area contributed by atoms with Crippen LogP contribution in [0.1, 0.15) is 37.3 Å². The van der Waals surface area contributed by atoms with Crippen molar-refractivity contribution in [3.8, 4) is 6.07 Å². The van der Waals surface area contributed by atoms with Gasteiger partial charge in [0.15, 0.2) is 0 Å². The maximum atomic E-state index is 9.34. The highest BCUT2D eigenvalue weighted by molar-refractivity contribution is 7.99. The van der Waals surface area contributed by atoms with Gasteiger partial charge in [0, 0.05) is 16.7 Å². The molecular formula is C16H22N2S. The van der Waals surface area contributed by atoms with E-state index in [1.54, 1.807) is 0 Å². The summed E-state index contributed by atoms with van der Waals surface area (Å²) in [5.74, 6) is 0.980. The lowest BCUT2D eigenvalue weighted by molar-refractivity contribution is 0.434. The van der Waals surface area contributed by atoms with Crippen LogP contribution in [0.2, 0.25) is 0 Å². The van der Waals surface area contributed by atoms with Crippen LogP contribution < -0.4 is 5.32 Å². The van der Waals surface area contributed by atoms with Crippen molar-refractivity contribution in [1.29, 1.82) is 5.26 Å². The van der Waals surface area contributed by atoms with Crippen LogP contribution in [0.25, 0.3) is 0 Å². The van der Waals surface area contributed by atoms with Crippen molar-refractivity contribution in [2.45, 2.75) is 56.5 Å². The summed E-state index contributed by atoms with van der Waals surface area (Å²) >= 11 is 1.86. The normalized spacial score (nSPS) is 17.8. The molecule has 0 bridgehead atoms. The standard InChI is InChI=1S/C16H22N2S/c1-12-4-5-13(2)15(10-12)19-9-8-16(3,11-17)18-14-6-7-14/h4-5,10,14,18H,6-9H2,1-3H3. The molecule has 3 heteroatoms. The van der Waals surface area contributed by atoms with Crippen molar-refractivity contribution in [1.82, 2.24) is 5.32 Å². The monoisotopic (exact) mass is 274 g/mol. The van der Waals surface area contributed by atoms with Gasteiger partial charge in [-0.15, -0.1) is 11.8 Å². The molecule has 0 saturated heterocycles. The molecule has 0 amide bonds. The van der Waals surface area contributed by atoms with Gasteiger partial charge in [0.1, 0.15) is 5.54 Å².